The molecule has 2 aromatic heterocycles. The number of nitrogens with zero attached hydrogens (tertiary/aromatic N) is 3. The Morgan fingerprint density at radius 2 is 2.35 bits per heavy atom. The van der Waals surface area contributed by atoms with Gasteiger partial charge in [-0.25, -0.2) is 9.50 Å². The second-order valence-corrected chi connectivity index (χ2v) is 5.46. The van der Waals surface area contributed by atoms with Crippen molar-refractivity contribution in [2.45, 2.75) is 32.4 Å². The predicted octanol–water partition coefficient (Wildman–Crippen LogP) is 1.63. The summed E-state index contributed by atoms with van der Waals surface area (Å²) in [6.07, 6.45) is 8.88. The molecular formula is C15H20N4O. The molecule has 20 heavy (non-hydrogen) atoms. The maximum Gasteiger partial charge on any atom is 0.155 e. The molecule has 2 heterocycles. The first-order chi connectivity index (χ1) is 9.69. The van der Waals surface area contributed by atoms with Gasteiger partial charge in [-0.1, -0.05) is 12.2 Å². The van der Waals surface area contributed by atoms with Crippen LogP contribution in [0.2, 0.25) is 0 Å². The summed E-state index contributed by atoms with van der Waals surface area (Å²) in [6, 6.07) is 2.42. The number of aliphatic hydroxyl groups is 1. The molecule has 2 N–H and O–H groups in total. The number of nitrogens with one attached hydrogen (secondary N) is 1. The summed E-state index contributed by atoms with van der Waals surface area (Å²) < 4.78 is 1.87. The van der Waals surface area contributed by atoms with Crippen molar-refractivity contribution in [1.82, 2.24) is 19.9 Å². The number of aryl methyl sites for hydroxylation is 1. The molecule has 0 unspecified atom stereocenters. The van der Waals surface area contributed by atoms with Crippen molar-refractivity contribution < 1.29 is 5.11 Å². The van der Waals surface area contributed by atoms with Crippen LogP contribution >= 0.6 is 0 Å². The Labute approximate surface area is 118 Å². The molecule has 106 valence electrons. The lowest BCUT2D eigenvalue weighted by molar-refractivity contribution is 0.245. The SMILES string of the molecule is Cc1c([C@H](C)N[C@@H]2C=C[C@H](CO)C2)cnc2ccnn12. The van der Waals surface area contributed by atoms with Crippen molar-refractivity contribution in [3.8, 4) is 0 Å². The molecule has 0 saturated carbocycles. The zero-order valence-corrected chi connectivity index (χ0v) is 11.8. The van der Waals surface area contributed by atoms with Crippen LogP contribution in [0.15, 0.2) is 30.6 Å². The van der Waals surface area contributed by atoms with E-state index < -0.39 is 0 Å². The molecule has 3 atom stereocenters. The van der Waals surface area contributed by atoms with E-state index in [4.69, 9.17) is 0 Å². The largest absolute Gasteiger partial charge is 0.396 e. The third-order valence-corrected chi connectivity index (χ3v) is 4.03. The topological polar surface area (TPSA) is 62.5 Å². The van der Waals surface area contributed by atoms with E-state index in [1.54, 1.807) is 6.20 Å². The number of hydrogen-bond donors (Lipinski definition) is 2. The Hall–Kier alpha value is -1.72. The Morgan fingerprint density at radius 1 is 1.50 bits per heavy atom. The monoisotopic (exact) mass is 272 g/mol. The van der Waals surface area contributed by atoms with Gasteiger partial charge in [0, 0.05) is 48.1 Å². The molecule has 1 aliphatic rings. The van der Waals surface area contributed by atoms with Gasteiger partial charge < -0.3 is 10.4 Å². The van der Waals surface area contributed by atoms with Gasteiger partial charge >= 0.3 is 0 Å². The van der Waals surface area contributed by atoms with E-state index in [0.717, 1.165) is 23.3 Å². The highest BCUT2D eigenvalue weighted by atomic mass is 16.3. The second kappa shape index (κ2) is 5.34. The van der Waals surface area contributed by atoms with Crippen molar-refractivity contribution in [2.75, 3.05) is 6.61 Å². The average Bonchev–Trinajstić information content (AvgIpc) is 3.07. The van der Waals surface area contributed by atoms with Crippen LogP contribution < -0.4 is 5.32 Å². The number of fused-ring (bicyclic) bond motifs is 1. The maximum atomic E-state index is 9.17. The van der Waals surface area contributed by atoms with Crippen LogP contribution in [-0.2, 0) is 0 Å². The summed E-state index contributed by atoms with van der Waals surface area (Å²) in [6.45, 7) is 4.43. The maximum absolute atomic E-state index is 9.17. The Morgan fingerprint density at radius 3 is 3.10 bits per heavy atom. The molecule has 0 aliphatic heterocycles. The number of hydrogen-bond acceptors (Lipinski definition) is 4. The molecule has 0 fully saturated rings. The van der Waals surface area contributed by atoms with Gasteiger partial charge in [-0.3, -0.25) is 0 Å². The lowest BCUT2D eigenvalue weighted by Gasteiger charge is -2.21. The molecule has 3 rings (SSSR count). The number of aromatic nitrogens is 3. The van der Waals surface area contributed by atoms with Gasteiger partial charge in [0.1, 0.15) is 0 Å². The zero-order valence-electron chi connectivity index (χ0n) is 11.8. The lowest BCUT2D eigenvalue weighted by Crippen LogP contribution is -2.30. The van der Waals surface area contributed by atoms with E-state index in [2.05, 4.69) is 41.4 Å². The normalized spacial score (nSPS) is 23.6. The molecule has 0 aromatic carbocycles. The molecule has 0 radical (unpaired) electrons. The first kappa shape index (κ1) is 13.3. The summed E-state index contributed by atoms with van der Waals surface area (Å²) in [7, 11) is 0. The van der Waals surface area contributed by atoms with E-state index in [-0.39, 0.29) is 18.6 Å². The van der Waals surface area contributed by atoms with Crippen molar-refractivity contribution in [3.63, 3.8) is 0 Å². The molecule has 1 aliphatic carbocycles. The van der Waals surface area contributed by atoms with Crippen LogP contribution in [0.3, 0.4) is 0 Å². The van der Waals surface area contributed by atoms with Gasteiger partial charge in [-0.15, -0.1) is 0 Å². The van der Waals surface area contributed by atoms with Crippen LogP contribution in [0.5, 0.6) is 0 Å². The Balaban J connectivity index is 1.77. The molecule has 5 nitrogen and oxygen atoms in total. The fraction of sp³-hybridized carbons (Fsp3) is 0.467. The van der Waals surface area contributed by atoms with Crippen LogP contribution in [0.25, 0.3) is 5.65 Å². The van der Waals surface area contributed by atoms with Gasteiger partial charge in [0.15, 0.2) is 5.65 Å². The van der Waals surface area contributed by atoms with Gasteiger partial charge in [0.25, 0.3) is 0 Å². The molecule has 0 spiro atoms. The lowest BCUT2D eigenvalue weighted by atomic mass is 10.1. The van der Waals surface area contributed by atoms with Crippen LogP contribution in [0, 0.1) is 12.8 Å². The third-order valence-electron chi connectivity index (χ3n) is 4.03. The standard InChI is InChI=1S/C15H20N4O/c1-10(18-13-4-3-12(7-13)9-20)14-8-16-15-5-6-17-19(15)11(14)2/h3-6,8,10,12-13,18,20H,7,9H2,1-2H3/t10-,12-,13+/m0/s1. The van der Waals surface area contributed by atoms with E-state index in [1.807, 2.05) is 16.8 Å². The van der Waals surface area contributed by atoms with Crippen LogP contribution in [0.4, 0.5) is 0 Å². The van der Waals surface area contributed by atoms with Crippen molar-refractivity contribution in [2.24, 2.45) is 5.92 Å². The highest BCUT2D eigenvalue weighted by Crippen LogP contribution is 2.22. The minimum absolute atomic E-state index is 0.197. The molecule has 0 bridgehead atoms. The Bertz CT molecular complexity index is 634. The quantitative estimate of drug-likeness (QED) is 0.830. The number of rotatable bonds is 4. The van der Waals surface area contributed by atoms with Gasteiger partial charge in [0.05, 0.1) is 6.20 Å². The Kier molecular flexibility index (Phi) is 3.54. The summed E-state index contributed by atoms with van der Waals surface area (Å²) in [4.78, 5) is 4.43. The fourth-order valence-electron chi connectivity index (χ4n) is 2.87. The minimum Gasteiger partial charge on any atom is -0.396 e. The van der Waals surface area contributed by atoms with Crippen molar-refractivity contribution >= 4 is 5.65 Å². The highest BCUT2D eigenvalue weighted by molar-refractivity contribution is 5.39. The fourth-order valence-corrected chi connectivity index (χ4v) is 2.87. The van der Waals surface area contributed by atoms with E-state index >= 15 is 0 Å². The van der Waals surface area contributed by atoms with Crippen molar-refractivity contribution in [1.29, 1.82) is 0 Å². The second-order valence-electron chi connectivity index (χ2n) is 5.46. The summed E-state index contributed by atoms with van der Waals surface area (Å²) in [5.41, 5.74) is 3.14. The molecule has 0 saturated heterocycles. The van der Waals surface area contributed by atoms with E-state index in [0.29, 0.717) is 6.04 Å². The van der Waals surface area contributed by atoms with E-state index in [9.17, 15) is 5.11 Å². The smallest absolute Gasteiger partial charge is 0.155 e. The minimum atomic E-state index is 0.197. The predicted molar refractivity (Wildman–Crippen MR) is 77.4 cm³/mol. The van der Waals surface area contributed by atoms with Gasteiger partial charge in [-0.05, 0) is 20.3 Å². The summed E-state index contributed by atoms with van der Waals surface area (Å²) in [5, 5.41) is 17.0. The van der Waals surface area contributed by atoms with Crippen LogP contribution in [-0.4, -0.2) is 32.4 Å². The number of aliphatic hydroxyl groups excluding tert-OH is 1. The third kappa shape index (κ3) is 2.34. The first-order valence-corrected chi connectivity index (χ1v) is 7.03. The van der Waals surface area contributed by atoms with Gasteiger partial charge in [-0.2, -0.15) is 5.10 Å². The van der Waals surface area contributed by atoms with Crippen molar-refractivity contribution in [3.05, 3.63) is 41.9 Å². The molecular weight excluding hydrogens is 252 g/mol. The summed E-state index contributed by atoms with van der Waals surface area (Å²) >= 11 is 0. The van der Waals surface area contributed by atoms with E-state index in [1.165, 1.54) is 0 Å². The molecule has 0 amide bonds. The summed E-state index contributed by atoms with van der Waals surface area (Å²) in [5.74, 6) is 0.285. The first-order valence-electron chi connectivity index (χ1n) is 7.03. The highest BCUT2D eigenvalue weighted by Gasteiger charge is 2.21. The van der Waals surface area contributed by atoms with Gasteiger partial charge in [0.2, 0.25) is 0 Å². The van der Waals surface area contributed by atoms with Crippen LogP contribution in [0.1, 0.15) is 30.6 Å². The zero-order chi connectivity index (χ0) is 14.1. The molecule has 5 heteroatoms. The molecule has 2 aromatic rings. The average molecular weight is 272 g/mol.